The zero-order valence-corrected chi connectivity index (χ0v) is 12.9. The maximum Gasteiger partial charge on any atom is 0.269 e. The van der Waals surface area contributed by atoms with Gasteiger partial charge in [0.1, 0.15) is 0 Å². The third-order valence-electron chi connectivity index (χ3n) is 2.74. The second-order valence-electron chi connectivity index (χ2n) is 4.30. The topological polar surface area (TPSA) is 88.6 Å². The molecule has 0 unspecified atom stereocenters. The summed E-state index contributed by atoms with van der Waals surface area (Å²) in [6.07, 6.45) is 0.0490. The monoisotopic (exact) mass is 330 g/mol. The van der Waals surface area contributed by atoms with Crippen LogP contribution in [0.1, 0.15) is 15.5 Å². The van der Waals surface area contributed by atoms with Gasteiger partial charge in [0.25, 0.3) is 5.78 Å². The van der Waals surface area contributed by atoms with E-state index in [1.165, 1.54) is 11.3 Å². The second-order valence-corrected chi connectivity index (χ2v) is 6.84. The Morgan fingerprint density at radius 3 is 2.68 bits per heavy atom. The van der Waals surface area contributed by atoms with Crippen molar-refractivity contribution in [2.24, 2.45) is 0 Å². The van der Waals surface area contributed by atoms with Gasteiger partial charge in [-0.25, -0.2) is 0 Å². The van der Waals surface area contributed by atoms with E-state index in [0.717, 1.165) is 14.0 Å². The molecule has 1 N–H and O–H groups in total. The van der Waals surface area contributed by atoms with E-state index in [1.807, 2.05) is 42.5 Å². The Balaban J connectivity index is 1.64. The molecule has 2 heterocycles. The molecule has 0 aliphatic carbocycles. The van der Waals surface area contributed by atoms with Crippen molar-refractivity contribution in [3.05, 3.63) is 53.2 Å². The molecule has 3 aromatic rings. The first kappa shape index (κ1) is 14.6. The van der Waals surface area contributed by atoms with Gasteiger partial charge >= 0.3 is 0 Å². The standard InChI is InChI=1S/C14H10N4O2S2/c19-11(13(20)14-15-17-18-16-14)8-10-6-7-12(22-10)21-9-4-2-1-3-5-9/h1-7H,8H2,(H,15,16,17,18). The molecule has 0 bridgehead atoms. The maximum absolute atomic E-state index is 11.9. The highest BCUT2D eigenvalue weighted by Gasteiger charge is 2.21. The molecule has 8 heteroatoms. The van der Waals surface area contributed by atoms with Gasteiger partial charge in [-0.05, 0) is 29.5 Å². The van der Waals surface area contributed by atoms with Crippen LogP contribution in [0, 0.1) is 0 Å². The number of benzene rings is 1. The fourth-order valence-electron chi connectivity index (χ4n) is 1.73. The fraction of sp³-hybridized carbons (Fsp3) is 0.0714. The molecule has 2 aromatic heterocycles. The van der Waals surface area contributed by atoms with Crippen molar-refractivity contribution in [3.8, 4) is 0 Å². The Morgan fingerprint density at radius 1 is 1.14 bits per heavy atom. The van der Waals surface area contributed by atoms with Crippen LogP contribution in [-0.4, -0.2) is 32.2 Å². The molecule has 0 aliphatic heterocycles. The van der Waals surface area contributed by atoms with Crippen LogP contribution in [0.5, 0.6) is 0 Å². The van der Waals surface area contributed by atoms with E-state index >= 15 is 0 Å². The highest BCUT2D eigenvalue weighted by atomic mass is 32.2. The third kappa shape index (κ3) is 3.46. The molecular weight excluding hydrogens is 320 g/mol. The fourth-order valence-corrected chi connectivity index (χ4v) is 3.91. The minimum absolute atomic E-state index is 0.0490. The second kappa shape index (κ2) is 6.63. The largest absolute Gasteiger partial charge is 0.290 e. The third-order valence-corrected chi connectivity index (χ3v) is 4.96. The number of hydrogen-bond acceptors (Lipinski definition) is 7. The number of nitrogens with one attached hydrogen (secondary N) is 1. The van der Waals surface area contributed by atoms with Crippen LogP contribution >= 0.6 is 23.1 Å². The SMILES string of the molecule is O=C(Cc1ccc(Sc2ccccc2)s1)C(=O)c1nn[nH]n1. The van der Waals surface area contributed by atoms with Crippen LogP contribution in [0.3, 0.4) is 0 Å². The minimum atomic E-state index is -0.723. The summed E-state index contributed by atoms with van der Waals surface area (Å²) in [7, 11) is 0. The van der Waals surface area contributed by atoms with Gasteiger partial charge in [0.15, 0.2) is 0 Å². The highest BCUT2D eigenvalue weighted by molar-refractivity contribution is 8.01. The smallest absolute Gasteiger partial charge is 0.269 e. The number of rotatable bonds is 6. The zero-order chi connectivity index (χ0) is 15.4. The predicted molar refractivity (Wildman–Crippen MR) is 82.1 cm³/mol. The van der Waals surface area contributed by atoms with Crippen molar-refractivity contribution in [2.75, 3.05) is 0 Å². The lowest BCUT2D eigenvalue weighted by Gasteiger charge is -1.97. The number of Topliss-reactive ketones (excluding diaryl/α,β-unsaturated/α-hetero) is 2. The summed E-state index contributed by atoms with van der Waals surface area (Å²) in [5.74, 6) is -1.46. The number of carbonyl (C=O) groups is 2. The van der Waals surface area contributed by atoms with Crippen LogP contribution in [-0.2, 0) is 11.2 Å². The molecule has 0 saturated heterocycles. The van der Waals surface area contributed by atoms with E-state index in [0.29, 0.717) is 0 Å². The van der Waals surface area contributed by atoms with Crippen molar-refractivity contribution in [1.29, 1.82) is 0 Å². The highest BCUT2D eigenvalue weighted by Crippen LogP contribution is 2.33. The molecule has 0 amide bonds. The van der Waals surface area contributed by atoms with Gasteiger partial charge in [0.2, 0.25) is 11.6 Å². The Labute approximate surface area is 134 Å². The van der Waals surface area contributed by atoms with E-state index < -0.39 is 11.6 Å². The molecule has 22 heavy (non-hydrogen) atoms. The van der Waals surface area contributed by atoms with Crippen LogP contribution < -0.4 is 0 Å². The maximum atomic E-state index is 11.9. The molecule has 0 spiro atoms. The lowest BCUT2D eigenvalue weighted by molar-refractivity contribution is -0.114. The first-order chi connectivity index (χ1) is 10.7. The number of nitrogens with zero attached hydrogens (tertiary/aromatic N) is 3. The average Bonchev–Trinajstić information content (AvgIpc) is 3.19. The average molecular weight is 330 g/mol. The quantitative estimate of drug-likeness (QED) is 0.551. The molecular formula is C14H10N4O2S2. The van der Waals surface area contributed by atoms with E-state index in [9.17, 15) is 9.59 Å². The predicted octanol–water partition coefficient (Wildman–Crippen LogP) is 2.41. The molecule has 0 aliphatic rings. The van der Waals surface area contributed by atoms with Crippen LogP contribution in [0.2, 0.25) is 0 Å². The lowest BCUT2D eigenvalue weighted by atomic mass is 10.1. The summed E-state index contributed by atoms with van der Waals surface area (Å²) < 4.78 is 1.07. The summed E-state index contributed by atoms with van der Waals surface area (Å²) in [6.45, 7) is 0. The Kier molecular flexibility index (Phi) is 4.40. The Bertz CT molecular complexity index is 784. The van der Waals surface area contributed by atoms with Gasteiger partial charge in [-0.2, -0.15) is 5.21 Å². The minimum Gasteiger partial charge on any atom is -0.290 e. The number of aromatic nitrogens is 4. The molecule has 0 atom stereocenters. The normalized spacial score (nSPS) is 10.5. The van der Waals surface area contributed by atoms with E-state index in [4.69, 9.17) is 0 Å². The van der Waals surface area contributed by atoms with Gasteiger partial charge in [-0.15, -0.1) is 21.5 Å². The number of hydrogen-bond donors (Lipinski definition) is 1. The molecule has 6 nitrogen and oxygen atoms in total. The molecule has 3 rings (SSSR count). The summed E-state index contributed by atoms with van der Waals surface area (Å²) in [5, 5.41) is 12.5. The van der Waals surface area contributed by atoms with E-state index in [-0.39, 0.29) is 12.2 Å². The molecule has 110 valence electrons. The summed E-state index contributed by atoms with van der Waals surface area (Å²) in [5.41, 5.74) is 0. The van der Waals surface area contributed by atoms with Crippen molar-refractivity contribution >= 4 is 34.7 Å². The van der Waals surface area contributed by atoms with Gasteiger partial charge in [-0.1, -0.05) is 30.0 Å². The number of aromatic amines is 1. The van der Waals surface area contributed by atoms with Gasteiger partial charge in [0, 0.05) is 16.2 Å². The van der Waals surface area contributed by atoms with Crippen molar-refractivity contribution in [3.63, 3.8) is 0 Å². The summed E-state index contributed by atoms with van der Waals surface area (Å²) in [6, 6.07) is 13.8. The van der Waals surface area contributed by atoms with Crippen molar-refractivity contribution < 1.29 is 9.59 Å². The summed E-state index contributed by atoms with van der Waals surface area (Å²) >= 11 is 3.12. The zero-order valence-electron chi connectivity index (χ0n) is 11.2. The molecule has 0 fully saturated rings. The van der Waals surface area contributed by atoms with E-state index in [1.54, 1.807) is 11.8 Å². The molecule has 0 saturated carbocycles. The number of ketones is 2. The van der Waals surface area contributed by atoms with Gasteiger partial charge < -0.3 is 0 Å². The first-order valence-electron chi connectivity index (χ1n) is 6.35. The van der Waals surface area contributed by atoms with Crippen LogP contribution in [0.15, 0.2) is 51.6 Å². The number of H-pyrrole nitrogens is 1. The number of carbonyl (C=O) groups excluding carboxylic acids is 2. The van der Waals surface area contributed by atoms with Crippen molar-refractivity contribution in [1.82, 2.24) is 20.6 Å². The Hall–Kier alpha value is -2.32. The molecule has 1 aromatic carbocycles. The summed E-state index contributed by atoms with van der Waals surface area (Å²) in [4.78, 5) is 25.6. The number of tetrazole rings is 1. The van der Waals surface area contributed by atoms with Crippen LogP contribution in [0.25, 0.3) is 0 Å². The first-order valence-corrected chi connectivity index (χ1v) is 7.98. The lowest BCUT2D eigenvalue weighted by Crippen LogP contribution is -2.17. The van der Waals surface area contributed by atoms with Crippen LogP contribution in [0.4, 0.5) is 0 Å². The van der Waals surface area contributed by atoms with E-state index in [2.05, 4.69) is 20.6 Å². The number of thiophene rings is 1. The molecule has 0 radical (unpaired) electrons. The Morgan fingerprint density at radius 2 is 1.95 bits per heavy atom. The van der Waals surface area contributed by atoms with Gasteiger partial charge in [-0.3, -0.25) is 9.59 Å². The van der Waals surface area contributed by atoms with Crippen molar-refractivity contribution in [2.45, 2.75) is 15.5 Å². The van der Waals surface area contributed by atoms with Gasteiger partial charge in [0.05, 0.1) is 4.21 Å².